The van der Waals surface area contributed by atoms with Gasteiger partial charge >= 0.3 is 0 Å². The number of fused-ring (bicyclic) bond motifs is 2. The molecule has 128 valence electrons. The number of anilines is 1. The smallest absolute Gasteiger partial charge is 0.187 e. The molecule has 0 amide bonds. The van der Waals surface area contributed by atoms with Crippen molar-refractivity contribution in [2.45, 2.75) is 19.9 Å². The van der Waals surface area contributed by atoms with Gasteiger partial charge in [-0.15, -0.1) is 0 Å². The monoisotopic (exact) mass is 336 g/mol. The first-order valence-corrected chi connectivity index (χ1v) is 8.42. The van der Waals surface area contributed by atoms with Crippen LogP contribution in [0.3, 0.4) is 0 Å². The normalized spacial score (nSPS) is 14.3. The van der Waals surface area contributed by atoms with E-state index < -0.39 is 6.04 Å². The molecule has 2 heterocycles. The second kappa shape index (κ2) is 6.16. The van der Waals surface area contributed by atoms with Gasteiger partial charge in [-0.1, -0.05) is 24.3 Å². The van der Waals surface area contributed by atoms with Crippen LogP contribution < -0.4 is 14.8 Å². The molecule has 0 saturated carbocycles. The number of carbonyl (C=O) groups is 1. The molecule has 0 saturated heterocycles. The van der Waals surface area contributed by atoms with Crippen LogP contribution >= 0.6 is 0 Å². The fourth-order valence-electron chi connectivity index (χ4n) is 3.30. The number of aryl methyl sites for hydroxylation is 1. The molecule has 2 aromatic carbocycles. The van der Waals surface area contributed by atoms with Gasteiger partial charge in [0.25, 0.3) is 0 Å². The Morgan fingerprint density at radius 2 is 1.92 bits per heavy atom. The summed E-state index contributed by atoms with van der Waals surface area (Å²) in [5.41, 5.74) is 3.37. The summed E-state index contributed by atoms with van der Waals surface area (Å²) in [4.78, 5) is 16.3. The predicted octanol–water partition coefficient (Wildman–Crippen LogP) is 3.93. The molecule has 5 nitrogen and oxygen atoms in total. The largest absolute Gasteiger partial charge is 0.486 e. The van der Waals surface area contributed by atoms with Gasteiger partial charge in [0.1, 0.15) is 13.2 Å². The Bertz CT molecular complexity index is 945. The van der Waals surface area contributed by atoms with Gasteiger partial charge in [0, 0.05) is 22.2 Å². The highest BCUT2D eigenvalue weighted by Gasteiger charge is 2.23. The van der Waals surface area contributed by atoms with Crippen molar-refractivity contribution >= 4 is 22.4 Å². The molecule has 3 aromatic rings. The molecule has 1 aliphatic rings. The lowest BCUT2D eigenvalue weighted by atomic mass is 10.0. The van der Waals surface area contributed by atoms with E-state index in [2.05, 4.69) is 10.3 Å². The van der Waals surface area contributed by atoms with Crippen molar-refractivity contribution in [3.63, 3.8) is 0 Å². The Morgan fingerprint density at radius 3 is 2.80 bits per heavy atom. The summed E-state index contributed by atoms with van der Waals surface area (Å²) in [7, 11) is 0. The van der Waals surface area contributed by atoms with E-state index in [1.54, 1.807) is 0 Å². The van der Waals surface area contributed by atoms with E-state index in [0.717, 1.165) is 27.8 Å². The average molecular weight is 336 g/mol. The Morgan fingerprint density at radius 1 is 1.12 bits per heavy atom. The SMILES string of the molecule is Cc1[nH]c2ccccc2c1C(=O)[C@H](C)Nc1cccc2c1OCCO2. The third-order valence-corrected chi connectivity index (χ3v) is 4.47. The minimum absolute atomic E-state index is 0.0456. The molecule has 5 heteroatoms. The van der Waals surface area contributed by atoms with Crippen LogP contribution in [0.2, 0.25) is 0 Å². The number of hydrogen-bond acceptors (Lipinski definition) is 4. The summed E-state index contributed by atoms with van der Waals surface area (Å²) < 4.78 is 11.3. The maximum Gasteiger partial charge on any atom is 0.187 e. The second-order valence-corrected chi connectivity index (χ2v) is 6.23. The Labute approximate surface area is 146 Å². The van der Waals surface area contributed by atoms with Crippen LogP contribution in [0.4, 0.5) is 5.69 Å². The van der Waals surface area contributed by atoms with Crippen LogP contribution in [0.25, 0.3) is 10.9 Å². The Hall–Kier alpha value is -2.95. The van der Waals surface area contributed by atoms with E-state index >= 15 is 0 Å². The molecule has 2 N–H and O–H groups in total. The molecule has 25 heavy (non-hydrogen) atoms. The first-order valence-electron chi connectivity index (χ1n) is 8.42. The van der Waals surface area contributed by atoms with Crippen molar-refractivity contribution in [3.8, 4) is 11.5 Å². The summed E-state index contributed by atoms with van der Waals surface area (Å²) in [6.07, 6.45) is 0. The third-order valence-electron chi connectivity index (χ3n) is 4.47. The minimum Gasteiger partial charge on any atom is -0.486 e. The number of H-pyrrole nitrogens is 1. The number of rotatable bonds is 4. The van der Waals surface area contributed by atoms with Gasteiger partial charge in [-0.2, -0.15) is 0 Å². The number of aromatic nitrogens is 1. The topological polar surface area (TPSA) is 63.4 Å². The minimum atomic E-state index is -0.394. The fourth-order valence-corrected chi connectivity index (χ4v) is 3.30. The number of aromatic amines is 1. The fraction of sp³-hybridized carbons (Fsp3) is 0.250. The zero-order chi connectivity index (χ0) is 17.4. The molecule has 4 rings (SSSR count). The van der Waals surface area contributed by atoms with Gasteiger partial charge < -0.3 is 19.8 Å². The lowest BCUT2D eigenvalue weighted by Gasteiger charge is -2.23. The predicted molar refractivity (Wildman–Crippen MR) is 97.9 cm³/mol. The number of carbonyl (C=O) groups excluding carboxylic acids is 1. The van der Waals surface area contributed by atoms with Crippen LogP contribution in [0.1, 0.15) is 23.0 Å². The van der Waals surface area contributed by atoms with E-state index in [1.165, 1.54) is 0 Å². The van der Waals surface area contributed by atoms with E-state index in [4.69, 9.17) is 9.47 Å². The molecule has 0 aliphatic carbocycles. The van der Waals surface area contributed by atoms with Gasteiger partial charge in [-0.3, -0.25) is 4.79 Å². The third kappa shape index (κ3) is 2.71. The quantitative estimate of drug-likeness (QED) is 0.709. The highest BCUT2D eigenvalue weighted by Crippen LogP contribution is 2.37. The van der Waals surface area contributed by atoms with E-state index in [1.807, 2.05) is 56.3 Å². The molecular weight excluding hydrogens is 316 g/mol. The Kier molecular flexibility index (Phi) is 3.84. The lowest BCUT2D eigenvalue weighted by Crippen LogP contribution is -2.27. The molecule has 0 spiro atoms. The van der Waals surface area contributed by atoms with E-state index in [0.29, 0.717) is 24.7 Å². The molecule has 0 unspecified atom stereocenters. The molecule has 1 aromatic heterocycles. The highest BCUT2D eigenvalue weighted by molar-refractivity contribution is 6.12. The van der Waals surface area contributed by atoms with Crippen molar-refractivity contribution in [2.24, 2.45) is 0 Å². The highest BCUT2D eigenvalue weighted by atomic mass is 16.6. The van der Waals surface area contributed by atoms with Crippen molar-refractivity contribution in [1.29, 1.82) is 0 Å². The van der Waals surface area contributed by atoms with Gasteiger partial charge in [-0.05, 0) is 32.0 Å². The summed E-state index contributed by atoms with van der Waals surface area (Å²) >= 11 is 0. The Balaban J connectivity index is 1.64. The van der Waals surface area contributed by atoms with Crippen LogP contribution in [0.5, 0.6) is 11.5 Å². The number of para-hydroxylation sites is 2. The standard InChI is InChI=1S/C20H20N2O3/c1-12-18(14-6-3-4-7-15(14)21-12)19(23)13(2)22-16-8-5-9-17-20(16)25-11-10-24-17/h3-9,13,21-22H,10-11H2,1-2H3/t13-/m0/s1. The number of nitrogens with one attached hydrogen (secondary N) is 2. The number of ketones is 1. The second-order valence-electron chi connectivity index (χ2n) is 6.23. The number of Topliss-reactive ketones (excluding diaryl/α,β-unsaturated/α-hetero) is 1. The lowest BCUT2D eigenvalue weighted by molar-refractivity contribution is 0.0976. The van der Waals surface area contributed by atoms with Crippen LogP contribution in [0.15, 0.2) is 42.5 Å². The summed E-state index contributed by atoms with van der Waals surface area (Å²) in [6.45, 7) is 4.85. The van der Waals surface area contributed by atoms with E-state index in [9.17, 15) is 4.79 Å². The average Bonchev–Trinajstić information content (AvgIpc) is 2.97. The zero-order valence-corrected chi connectivity index (χ0v) is 14.3. The van der Waals surface area contributed by atoms with Gasteiger partial charge in [-0.25, -0.2) is 0 Å². The molecule has 1 atom stereocenters. The van der Waals surface area contributed by atoms with Gasteiger partial charge in [0.2, 0.25) is 0 Å². The van der Waals surface area contributed by atoms with E-state index in [-0.39, 0.29) is 5.78 Å². The summed E-state index contributed by atoms with van der Waals surface area (Å²) in [5.74, 6) is 1.42. The summed E-state index contributed by atoms with van der Waals surface area (Å²) in [5, 5.41) is 4.23. The molecule has 0 radical (unpaired) electrons. The number of benzene rings is 2. The first-order chi connectivity index (χ1) is 12.1. The van der Waals surface area contributed by atoms with Crippen LogP contribution in [-0.4, -0.2) is 30.0 Å². The van der Waals surface area contributed by atoms with Crippen molar-refractivity contribution in [3.05, 3.63) is 53.7 Å². The van der Waals surface area contributed by atoms with Crippen LogP contribution in [-0.2, 0) is 0 Å². The summed E-state index contributed by atoms with van der Waals surface area (Å²) in [6, 6.07) is 13.1. The van der Waals surface area contributed by atoms with Crippen LogP contribution in [0, 0.1) is 6.92 Å². The van der Waals surface area contributed by atoms with Gasteiger partial charge in [0.15, 0.2) is 17.3 Å². The van der Waals surface area contributed by atoms with Crippen molar-refractivity contribution in [1.82, 2.24) is 4.98 Å². The maximum absolute atomic E-state index is 13.1. The van der Waals surface area contributed by atoms with Gasteiger partial charge in [0.05, 0.1) is 11.7 Å². The van der Waals surface area contributed by atoms with Crippen molar-refractivity contribution in [2.75, 3.05) is 18.5 Å². The molecule has 1 aliphatic heterocycles. The zero-order valence-electron chi connectivity index (χ0n) is 14.3. The molecule has 0 fully saturated rings. The maximum atomic E-state index is 13.1. The van der Waals surface area contributed by atoms with Crippen molar-refractivity contribution < 1.29 is 14.3 Å². The molecule has 0 bridgehead atoms. The first kappa shape index (κ1) is 15.6. The number of hydrogen-bond donors (Lipinski definition) is 2. The number of ether oxygens (including phenoxy) is 2. The molecular formula is C20H20N2O3.